The van der Waals surface area contributed by atoms with Crippen molar-refractivity contribution in [1.29, 1.82) is 0 Å². The number of hydrogen-bond acceptors (Lipinski definition) is 2. The molecule has 0 spiro atoms. The first-order chi connectivity index (χ1) is 8.58. The van der Waals surface area contributed by atoms with Gasteiger partial charge >= 0.3 is 0 Å². The first-order valence-electron chi connectivity index (χ1n) is 5.51. The van der Waals surface area contributed by atoms with Crippen molar-refractivity contribution in [3.05, 3.63) is 58.9 Å². The monoisotopic (exact) mass is 265 g/mol. The maximum absolute atomic E-state index is 13.6. The molecule has 0 aliphatic rings. The number of nitrogens with zero attached hydrogens (tertiary/aromatic N) is 1. The highest BCUT2D eigenvalue weighted by atomic mass is 35.5. The smallest absolute Gasteiger partial charge is 0.146 e. The van der Waals surface area contributed by atoms with Crippen molar-refractivity contribution >= 4 is 17.3 Å². The number of rotatable bonds is 3. The van der Waals surface area contributed by atoms with E-state index in [4.69, 9.17) is 11.6 Å². The number of phenolic OH excluding ortho intramolecular Hbond substituents is 1. The predicted molar refractivity (Wildman–Crippen MR) is 71.6 cm³/mol. The fraction of sp³-hybridized carbons (Fsp3) is 0.143. The van der Waals surface area contributed by atoms with Gasteiger partial charge in [0.25, 0.3) is 0 Å². The van der Waals surface area contributed by atoms with Crippen LogP contribution in [0.4, 0.5) is 10.1 Å². The van der Waals surface area contributed by atoms with Gasteiger partial charge in [-0.1, -0.05) is 29.8 Å². The zero-order valence-electron chi connectivity index (χ0n) is 9.90. The molecule has 2 rings (SSSR count). The second-order valence-corrected chi connectivity index (χ2v) is 4.50. The van der Waals surface area contributed by atoms with E-state index in [9.17, 15) is 9.50 Å². The molecule has 0 amide bonds. The first kappa shape index (κ1) is 12.7. The molecular weight excluding hydrogens is 253 g/mol. The summed E-state index contributed by atoms with van der Waals surface area (Å²) in [4.78, 5) is 1.79. The molecule has 4 heteroatoms. The summed E-state index contributed by atoms with van der Waals surface area (Å²) in [5, 5.41) is 9.63. The Hall–Kier alpha value is -1.74. The number of anilines is 1. The summed E-state index contributed by atoms with van der Waals surface area (Å²) in [5.41, 5.74) is 1.44. The van der Waals surface area contributed by atoms with Gasteiger partial charge in [-0.2, -0.15) is 0 Å². The van der Waals surface area contributed by atoms with E-state index in [1.165, 1.54) is 12.1 Å². The third-order valence-corrected chi connectivity index (χ3v) is 3.00. The van der Waals surface area contributed by atoms with Crippen LogP contribution in [0.25, 0.3) is 0 Å². The van der Waals surface area contributed by atoms with Gasteiger partial charge in [-0.05, 0) is 29.8 Å². The van der Waals surface area contributed by atoms with E-state index in [1.54, 1.807) is 42.3 Å². The van der Waals surface area contributed by atoms with Gasteiger partial charge in [-0.3, -0.25) is 0 Å². The molecule has 0 unspecified atom stereocenters. The molecule has 2 nitrogen and oxygen atoms in total. The summed E-state index contributed by atoms with van der Waals surface area (Å²) in [6.07, 6.45) is 0. The van der Waals surface area contributed by atoms with Crippen molar-refractivity contribution in [2.45, 2.75) is 6.54 Å². The van der Waals surface area contributed by atoms with E-state index >= 15 is 0 Å². The minimum atomic E-state index is -0.259. The number of benzene rings is 2. The highest BCUT2D eigenvalue weighted by molar-refractivity contribution is 6.32. The minimum absolute atomic E-state index is 0.0500. The van der Waals surface area contributed by atoms with Gasteiger partial charge in [-0.15, -0.1) is 0 Å². The number of halogens is 2. The maximum atomic E-state index is 13.6. The molecule has 0 saturated heterocycles. The average molecular weight is 266 g/mol. The quantitative estimate of drug-likeness (QED) is 0.912. The molecule has 0 radical (unpaired) electrons. The van der Waals surface area contributed by atoms with Crippen molar-refractivity contribution in [2.75, 3.05) is 11.9 Å². The Bertz CT molecular complexity index is 559. The summed E-state index contributed by atoms with van der Waals surface area (Å²) in [6, 6.07) is 11.6. The minimum Gasteiger partial charge on any atom is -0.506 e. The van der Waals surface area contributed by atoms with Crippen LogP contribution < -0.4 is 4.90 Å². The lowest BCUT2D eigenvalue weighted by molar-refractivity contribution is 0.475. The molecule has 94 valence electrons. The molecule has 0 heterocycles. The van der Waals surface area contributed by atoms with E-state index < -0.39 is 0 Å². The molecule has 0 atom stereocenters. The third kappa shape index (κ3) is 2.74. The lowest BCUT2D eigenvalue weighted by Crippen LogP contribution is -2.17. The van der Waals surface area contributed by atoms with Crippen molar-refractivity contribution in [3.63, 3.8) is 0 Å². The molecule has 0 aliphatic carbocycles. The highest BCUT2D eigenvalue weighted by Crippen LogP contribution is 2.25. The zero-order valence-corrected chi connectivity index (χ0v) is 10.7. The van der Waals surface area contributed by atoms with Gasteiger partial charge in [0.2, 0.25) is 0 Å². The van der Waals surface area contributed by atoms with Gasteiger partial charge in [0, 0.05) is 13.6 Å². The van der Waals surface area contributed by atoms with Crippen molar-refractivity contribution < 1.29 is 9.50 Å². The molecule has 0 saturated carbocycles. The Kier molecular flexibility index (Phi) is 3.72. The van der Waals surface area contributed by atoms with E-state index in [2.05, 4.69) is 0 Å². The Balaban J connectivity index is 2.19. The molecule has 0 fully saturated rings. The highest BCUT2D eigenvalue weighted by Gasteiger charge is 2.08. The van der Waals surface area contributed by atoms with Crippen LogP contribution in [0.3, 0.4) is 0 Å². The predicted octanol–water partition coefficient (Wildman–Crippen LogP) is 3.82. The normalized spacial score (nSPS) is 10.4. The standard InChI is InChI=1S/C14H13ClFNO/c1-17(13-5-3-2-4-12(13)16)9-10-6-7-14(18)11(15)8-10/h2-8,18H,9H2,1H3. The average Bonchev–Trinajstić information content (AvgIpc) is 2.34. The largest absolute Gasteiger partial charge is 0.506 e. The zero-order chi connectivity index (χ0) is 13.1. The lowest BCUT2D eigenvalue weighted by atomic mass is 10.2. The number of hydrogen-bond donors (Lipinski definition) is 1. The van der Waals surface area contributed by atoms with E-state index in [0.29, 0.717) is 17.3 Å². The fourth-order valence-corrected chi connectivity index (χ4v) is 1.97. The summed E-state index contributed by atoms with van der Waals surface area (Å²) in [5.74, 6) is -0.209. The van der Waals surface area contributed by atoms with Crippen LogP contribution >= 0.6 is 11.6 Å². The van der Waals surface area contributed by atoms with Gasteiger partial charge in [-0.25, -0.2) is 4.39 Å². The number of para-hydroxylation sites is 1. The van der Waals surface area contributed by atoms with E-state index in [-0.39, 0.29) is 11.6 Å². The molecule has 0 aromatic heterocycles. The van der Waals surface area contributed by atoms with Gasteiger partial charge in [0.15, 0.2) is 0 Å². The number of phenols is 1. The van der Waals surface area contributed by atoms with Gasteiger partial charge in [0.05, 0.1) is 10.7 Å². The second kappa shape index (κ2) is 5.27. The van der Waals surface area contributed by atoms with Crippen LogP contribution in [0.2, 0.25) is 5.02 Å². The van der Waals surface area contributed by atoms with Crippen LogP contribution in [-0.2, 0) is 6.54 Å². The molecule has 0 bridgehead atoms. The number of aromatic hydroxyl groups is 1. The van der Waals surface area contributed by atoms with E-state index in [1.807, 2.05) is 0 Å². The molecule has 0 aliphatic heterocycles. The van der Waals surface area contributed by atoms with Crippen molar-refractivity contribution in [1.82, 2.24) is 0 Å². The molecule has 2 aromatic rings. The summed E-state index contributed by atoms with van der Waals surface area (Å²) in [7, 11) is 1.80. The van der Waals surface area contributed by atoms with Gasteiger partial charge < -0.3 is 10.0 Å². The summed E-state index contributed by atoms with van der Waals surface area (Å²) in [6.45, 7) is 0.515. The molecule has 2 aromatic carbocycles. The maximum Gasteiger partial charge on any atom is 0.146 e. The van der Waals surface area contributed by atoms with E-state index in [0.717, 1.165) is 5.56 Å². The van der Waals surface area contributed by atoms with Crippen LogP contribution in [-0.4, -0.2) is 12.2 Å². The first-order valence-corrected chi connectivity index (χ1v) is 5.89. The van der Waals surface area contributed by atoms with Crippen LogP contribution in [0.15, 0.2) is 42.5 Å². The second-order valence-electron chi connectivity index (χ2n) is 4.09. The van der Waals surface area contributed by atoms with Crippen LogP contribution in [0, 0.1) is 5.82 Å². The Morgan fingerprint density at radius 1 is 1.22 bits per heavy atom. The SMILES string of the molecule is CN(Cc1ccc(O)c(Cl)c1)c1ccccc1F. The van der Waals surface area contributed by atoms with Crippen molar-refractivity contribution in [3.8, 4) is 5.75 Å². The summed E-state index contributed by atoms with van der Waals surface area (Å²) >= 11 is 5.83. The lowest BCUT2D eigenvalue weighted by Gasteiger charge is -2.20. The van der Waals surface area contributed by atoms with Crippen LogP contribution in [0.5, 0.6) is 5.75 Å². The Labute approximate surface area is 110 Å². The summed E-state index contributed by atoms with van der Waals surface area (Å²) < 4.78 is 13.6. The van der Waals surface area contributed by atoms with Crippen molar-refractivity contribution in [2.24, 2.45) is 0 Å². The van der Waals surface area contributed by atoms with Crippen LogP contribution in [0.1, 0.15) is 5.56 Å². The Morgan fingerprint density at radius 2 is 1.94 bits per heavy atom. The topological polar surface area (TPSA) is 23.5 Å². The molecular formula is C14H13ClFNO. The Morgan fingerprint density at radius 3 is 2.61 bits per heavy atom. The third-order valence-electron chi connectivity index (χ3n) is 2.70. The molecule has 18 heavy (non-hydrogen) atoms. The fourth-order valence-electron chi connectivity index (χ4n) is 1.77. The molecule has 1 N–H and O–H groups in total. The van der Waals surface area contributed by atoms with Gasteiger partial charge in [0.1, 0.15) is 11.6 Å².